The molecule has 0 aliphatic heterocycles. The molecule has 1 radical (unpaired) electrons. The highest BCUT2D eigenvalue weighted by Gasteiger charge is 1.96. The van der Waals surface area contributed by atoms with Crippen LogP contribution in [0.15, 0.2) is 0 Å². The molecule has 0 spiro atoms. The Kier molecular flexibility index (Phi) is 6.72. The number of thiol groups is 1. The van der Waals surface area contributed by atoms with E-state index in [2.05, 4.69) is 26.5 Å². The molecule has 0 amide bonds. The predicted octanol–water partition coefficient (Wildman–Crippen LogP) is 3.09. The monoisotopic (exact) mass is 145 g/mol. The van der Waals surface area contributed by atoms with Crippen LogP contribution in [0.4, 0.5) is 0 Å². The second kappa shape index (κ2) is 6.47. The van der Waals surface area contributed by atoms with Gasteiger partial charge in [-0.15, -0.1) is 0 Å². The number of rotatable bonds is 5. The molecule has 0 N–H and O–H groups in total. The summed E-state index contributed by atoms with van der Waals surface area (Å²) in [5.74, 6) is 0. The van der Waals surface area contributed by atoms with Crippen molar-refractivity contribution in [3.05, 3.63) is 6.92 Å². The Morgan fingerprint density at radius 1 is 1.44 bits per heavy atom. The van der Waals surface area contributed by atoms with Gasteiger partial charge in [-0.3, -0.25) is 0 Å². The van der Waals surface area contributed by atoms with Gasteiger partial charge in [0.15, 0.2) is 0 Å². The molecule has 0 heterocycles. The molecule has 0 aromatic carbocycles. The zero-order valence-corrected chi connectivity index (χ0v) is 7.16. The van der Waals surface area contributed by atoms with Crippen LogP contribution in [-0.4, -0.2) is 5.25 Å². The Hall–Kier alpha value is 0.350. The van der Waals surface area contributed by atoms with E-state index in [1.54, 1.807) is 0 Å². The SMILES string of the molecule is [CH2]CC(S)CCCCC. The summed E-state index contributed by atoms with van der Waals surface area (Å²) in [7, 11) is 0. The molecular formula is C8H17S. The summed E-state index contributed by atoms with van der Waals surface area (Å²) in [6, 6.07) is 0. The smallest absolute Gasteiger partial charge is 0.00168 e. The first kappa shape index (κ1) is 9.35. The van der Waals surface area contributed by atoms with Gasteiger partial charge in [0.1, 0.15) is 0 Å². The molecule has 0 fully saturated rings. The van der Waals surface area contributed by atoms with Crippen LogP contribution in [0.25, 0.3) is 0 Å². The summed E-state index contributed by atoms with van der Waals surface area (Å²) >= 11 is 4.34. The fraction of sp³-hybridized carbons (Fsp3) is 0.875. The van der Waals surface area contributed by atoms with Crippen molar-refractivity contribution in [1.82, 2.24) is 0 Å². The highest BCUT2D eigenvalue weighted by atomic mass is 32.1. The Morgan fingerprint density at radius 2 is 2.11 bits per heavy atom. The van der Waals surface area contributed by atoms with Crippen LogP contribution < -0.4 is 0 Å². The summed E-state index contributed by atoms with van der Waals surface area (Å²) in [5, 5.41) is 0.538. The highest BCUT2D eigenvalue weighted by Crippen LogP contribution is 2.10. The number of hydrogen-bond acceptors (Lipinski definition) is 1. The average molecular weight is 145 g/mol. The molecule has 0 aliphatic rings. The second-order valence-electron chi connectivity index (χ2n) is 2.44. The summed E-state index contributed by atoms with van der Waals surface area (Å²) in [5.41, 5.74) is 0. The normalized spacial score (nSPS) is 13.7. The van der Waals surface area contributed by atoms with Gasteiger partial charge < -0.3 is 0 Å². The van der Waals surface area contributed by atoms with E-state index in [9.17, 15) is 0 Å². The van der Waals surface area contributed by atoms with Crippen molar-refractivity contribution in [2.45, 2.75) is 44.3 Å². The van der Waals surface area contributed by atoms with Crippen LogP contribution >= 0.6 is 12.6 Å². The molecule has 0 aromatic rings. The van der Waals surface area contributed by atoms with E-state index in [0.717, 1.165) is 6.42 Å². The van der Waals surface area contributed by atoms with E-state index in [1.165, 1.54) is 25.7 Å². The third kappa shape index (κ3) is 6.23. The van der Waals surface area contributed by atoms with E-state index in [4.69, 9.17) is 0 Å². The lowest BCUT2D eigenvalue weighted by Crippen LogP contribution is -1.94. The standard InChI is InChI=1S/C8H17S/c1-3-5-6-7-8(9)4-2/h8-9H,2-7H2,1H3. The van der Waals surface area contributed by atoms with Crippen LogP contribution in [0, 0.1) is 6.92 Å². The summed E-state index contributed by atoms with van der Waals surface area (Å²) < 4.78 is 0. The molecule has 0 saturated carbocycles. The zero-order chi connectivity index (χ0) is 7.11. The van der Waals surface area contributed by atoms with Gasteiger partial charge in [0.25, 0.3) is 0 Å². The minimum Gasteiger partial charge on any atom is -0.176 e. The van der Waals surface area contributed by atoms with Gasteiger partial charge in [0.2, 0.25) is 0 Å². The molecule has 1 atom stereocenters. The Balaban J connectivity index is 2.88. The van der Waals surface area contributed by atoms with Crippen LogP contribution in [0.2, 0.25) is 0 Å². The molecule has 9 heavy (non-hydrogen) atoms. The van der Waals surface area contributed by atoms with Crippen molar-refractivity contribution in [2.24, 2.45) is 0 Å². The van der Waals surface area contributed by atoms with Crippen molar-refractivity contribution in [3.63, 3.8) is 0 Å². The molecule has 55 valence electrons. The van der Waals surface area contributed by atoms with Gasteiger partial charge in [-0.05, 0) is 12.8 Å². The predicted molar refractivity (Wildman–Crippen MR) is 46.9 cm³/mol. The van der Waals surface area contributed by atoms with Crippen LogP contribution in [0.1, 0.15) is 39.0 Å². The Morgan fingerprint density at radius 3 is 2.56 bits per heavy atom. The van der Waals surface area contributed by atoms with E-state index >= 15 is 0 Å². The maximum Gasteiger partial charge on any atom is 0.00168 e. The first-order valence-corrected chi connectivity index (χ1v) is 4.30. The number of hydrogen-bond donors (Lipinski definition) is 1. The lowest BCUT2D eigenvalue weighted by atomic mass is 10.1. The molecule has 0 saturated heterocycles. The molecule has 0 aromatic heterocycles. The van der Waals surface area contributed by atoms with Crippen LogP contribution in [0.3, 0.4) is 0 Å². The molecule has 1 unspecified atom stereocenters. The van der Waals surface area contributed by atoms with E-state index in [0.29, 0.717) is 5.25 Å². The maximum absolute atomic E-state index is 4.34. The topological polar surface area (TPSA) is 0 Å². The molecule has 1 heteroatoms. The average Bonchev–Trinajstić information content (AvgIpc) is 1.89. The van der Waals surface area contributed by atoms with Crippen LogP contribution in [0.5, 0.6) is 0 Å². The van der Waals surface area contributed by atoms with Crippen molar-refractivity contribution < 1.29 is 0 Å². The quantitative estimate of drug-likeness (QED) is 0.446. The fourth-order valence-corrected chi connectivity index (χ4v) is 0.957. The third-order valence-corrected chi connectivity index (χ3v) is 1.99. The van der Waals surface area contributed by atoms with Crippen molar-refractivity contribution in [3.8, 4) is 0 Å². The zero-order valence-electron chi connectivity index (χ0n) is 6.27. The number of unbranched alkanes of at least 4 members (excludes halogenated alkanes) is 2. The summed E-state index contributed by atoms with van der Waals surface area (Å²) in [6.45, 7) is 6.01. The molecule has 0 rings (SSSR count). The lowest BCUT2D eigenvalue weighted by molar-refractivity contribution is 0.649. The van der Waals surface area contributed by atoms with Crippen molar-refractivity contribution >= 4 is 12.6 Å². The van der Waals surface area contributed by atoms with Gasteiger partial charge >= 0.3 is 0 Å². The first-order chi connectivity index (χ1) is 4.31. The molecular weight excluding hydrogens is 128 g/mol. The third-order valence-electron chi connectivity index (χ3n) is 1.47. The maximum atomic E-state index is 4.34. The summed E-state index contributed by atoms with van der Waals surface area (Å²) in [6.07, 6.45) is 6.17. The first-order valence-electron chi connectivity index (χ1n) is 3.78. The van der Waals surface area contributed by atoms with E-state index in [-0.39, 0.29) is 0 Å². The Bertz CT molecular complexity index is 52.5. The van der Waals surface area contributed by atoms with Gasteiger partial charge in [-0.25, -0.2) is 0 Å². The minimum atomic E-state index is 0.538. The molecule has 0 aliphatic carbocycles. The van der Waals surface area contributed by atoms with Gasteiger partial charge in [0, 0.05) is 5.25 Å². The molecule has 0 nitrogen and oxygen atoms in total. The van der Waals surface area contributed by atoms with E-state index < -0.39 is 0 Å². The second-order valence-corrected chi connectivity index (χ2v) is 3.17. The summed E-state index contributed by atoms with van der Waals surface area (Å²) in [4.78, 5) is 0. The van der Waals surface area contributed by atoms with Gasteiger partial charge in [-0.1, -0.05) is 33.1 Å². The largest absolute Gasteiger partial charge is 0.176 e. The van der Waals surface area contributed by atoms with Crippen LogP contribution in [-0.2, 0) is 0 Å². The fourth-order valence-electron chi connectivity index (χ4n) is 0.774. The van der Waals surface area contributed by atoms with Gasteiger partial charge in [0.05, 0.1) is 0 Å². The minimum absolute atomic E-state index is 0.538. The Labute approximate surface area is 64.4 Å². The molecule has 0 bridgehead atoms. The van der Waals surface area contributed by atoms with Crippen molar-refractivity contribution in [2.75, 3.05) is 0 Å². The van der Waals surface area contributed by atoms with Gasteiger partial charge in [-0.2, -0.15) is 12.6 Å². The lowest BCUT2D eigenvalue weighted by Gasteiger charge is -2.04. The van der Waals surface area contributed by atoms with E-state index in [1.807, 2.05) is 0 Å². The highest BCUT2D eigenvalue weighted by molar-refractivity contribution is 7.80. The van der Waals surface area contributed by atoms with Crippen molar-refractivity contribution in [1.29, 1.82) is 0 Å².